The molecule has 0 radical (unpaired) electrons. The van der Waals surface area contributed by atoms with Gasteiger partial charge in [0.05, 0.1) is 16.4 Å². The molecule has 2 fully saturated rings. The van der Waals surface area contributed by atoms with Crippen molar-refractivity contribution < 1.29 is 14.4 Å². The Morgan fingerprint density at radius 2 is 1.61 bits per heavy atom. The Balaban J connectivity index is 1.33. The fourth-order valence-electron chi connectivity index (χ4n) is 5.38. The molecule has 3 amide bonds. The molecule has 2 aliphatic rings. The average molecular weight is 531 g/mol. The number of anilines is 2. The number of thiophene rings is 1. The van der Waals surface area contributed by atoms with Crippen LogP contribution in [0.25, 0.3) is 0 Å². The van der Waals surface area contributed by atoms with Gasteiger partial charge in [0.15, 0.2) is 0 Å². The van der Waals surface area contributed by atoms with Gasteiger partial charge in [-0.05, 0) is 54.5 Å². The van der Waals surface area contributed by atoms with E-state index in [-0.39, 0.29) is 23.6 Å². The van der Waals surface area contributed by atoms with Crippen molar-refractivity contribution in [1.82, 2.24) is 9.80 Å². The predicted octanol–water partition coefficient (Wildman–Crippen LogP) is 5.08. The predicted molar refractivity (Wildman–Crippen MR) is 152 cm³/mol. The van der Waals surface area contributed by atoms with Crippen LogP contribution in [0.15, 0.2) is 66.0 Å². The maximum Gasteiger partial charge on any atom is 0.265 e. The summed E-state index contributed by atoms with van der Waals surface area (Å²) in [7, 11) is 0. The number of carbonyl (C=O) groups excluding carboxylic acids is 3. The number of hydrogen-bond donors (Lipinski definition) is 1. The van der Waals surface area contributed by atoms with Crippen LogP contribution in [0.3, 0.4) is 0 Å². The molecule has 0 bridgehead atoms. The Kier molecular flexibility index (Phi) is 8.08. The van der Waals surface area contributed by atoms with Crippen molar-refractivity contribution in [3.05, 3.63) is 82.0 Å². The highest BCUT2D eigenvalue weighted by molar-refractivity contribution is 7.12. The Labute approximate surface area is 228 Å². The molecule has 0 spiro atoms. The zero-order valence-electron chi connectivity index (χ0n) is 21.8. The van der Waals surface area contributed by atoms with Crippen LogP contribution in [-0.2, 0) is 4.79 Å². The first-order valence-corrected chi connectivity index (χ1v) is 14.3. The van der Waals surface area contributed by atoms with Crippen LogP contribution < -0.4 is 10.2 Å². The quantitative estimate of drug-likeness (QED) is 0.463. The third kappa shape index (κ3) is 5.60. The zero-order valence-corrected chi connectivity index (χ0v) is 22.6. The van der Waals surface area contributed by atoms with Gasteiger partial charge in [0, 0.05) is 50.6 Å². The summed E-state index contributed by atoms with van der Waals surface area (Å²) in [4.78, 5) is 46.2. The Bertz CT molecular complexity index is 1260. The largest absolute Gasteiger partial charge is 0.367 e. The molecule has 7 nitrogen and oxygen atoms in total. The molecule has 1 aromatic heterocycles. The van der Waals surface area contributed by atoms with Crippen LogP contribution in [0.1, 0.15) is 57.7 Å². The molecule has 8 heteroatoms. The van der Waals surface area contributed by atoms with Crippen LogP contribution in [0.5, 0.6) is 0 Å². The summed E-state index contributed by atoms with van der Waals surface area (Å²) < 4.78 is 0. The van der Waals surface area contributed by atoms with Crippen LogP contribution in [0, 0.1) is 0 Å². The molecule has 1 atom stereocenters. The van der Waals surface area contributed by atoms with E-state index in [0.717, 1.165) is 43.6 Å². The molecular formula is C30H34N4O3S. The molecule has 2 aliphatic heterocycles. The molecule has 38 heavy (non-hydrogen) atoms. The summed E-state index contributed by atoms with van der Waals surface area (Å²) in [6.45, 7) is 6.08. The van der Waals surface area contributed by atoms with E-state index in [2.05, 4.69) is 17.1 Å². The molecule has 0 saturated carbocycles. The van der Waals surface area contributed by atoms with Gasteiger partial charge in [-0.15, -0.1) is 11.3 Å². The molecule has 2 saturated heterocycles. The molecule has 0 unspecified atom stereocenters. The van der Waals surface area contributed by atoms with Crippen LogP contribution in [0.2, 0.25) is 0 Å². The number of likely N-dealkylation sites (tertiary alicyclic amines) is 1. The molecular weight excluding hydrogens is 496 g/mol. The Hall–Kier alpha value is -3.65. The highest BCUT2D eigenvalue weighted by atomic mass is 32.1. The normalized spacial score (nSPS) is 16.4. The van der Waals surface area contributed by atoms with Gasteiger partial charge in [-0.25, -0.2) is 0 Å². The highest BCUT2D eigenvalue weighted by Crippen LogP contribution is 2.30. The minimum atomic E-state index is -0.177. The van der Waals surface area contributed by atoms with E-state index < -0.39 is 0 Å². The van der Waals surface area contributed by atoms with Gasteiger partial charge in [-0.3, -0.25) is 14.4 Å². The summed E-state index contributed by atoms with van der Waals surface area (Å²) in [5.74, 6) is -0.152. The molecule has 3 aromatic rings. The fraction of sp³-hybridized carbons (Fsp3) is 0.367. The monoisotopic (exact) mass is 530 g/mol. The van der Waals surface area contributed by atoms with Gasteiger partial charge in [0.1, 0.15) is 0 Å². The Morgan fingerprint density at radius 3 is 2.26 bits per heavy atom. The lowest BCUT2D eigenvalue weighted by atomic mass is 9.94. The number of benzene rings is 2. The van der Waals surface area contributed by atoms with Crippen molar-refractivity contribution >= 4 is 40.4 Å². The number of hydrogen-bond acceptors (Lipinski definition) is 5. The number of amides is 3. The number of piperazine rings is 1. The smallest absolute Gasteiger partial charge is 0.265 e. The van der Waals surface area contributed by atoms with Crippen molar-refractivity contribution in [2.24, 2.45) is 0 Å². The lowest BCUT2D eigenvalue weighted by Gasteiger charge is -2.38. The first-order chi connectivity index (χ1) is 18.5. The van der Waals surface area contributed by atoms with E-state index in [0.29, 0.717) is 42.3 Å². The SMILES string of the molecule is CC[C@H](C(=O)N1CCN(c2ccc(NC(=O)c3cccs3)cc2C(=O)N2CCCC2)CC1)c1ccccc1. The molecule has 1 N–H and O–H groups in total. The summed E-state index contributed by atoms with van der Waals surface area (Å²) in [5.41, 5.74) is 3.13. The van der Waals surface area contributed by atoms with Gasteiger partial charge < -0.3 is 20.0 Å². The highest BCUT2D eigenvalue weighted by Gasteiger charge is 2.30. The van der Waals surface area contributed by atoms with Gasteiger partial charge in [-0.1, -0.05) is 43.3 Å². The summed E-state index contributed by atoms with van der Waals surface area (Å²) in [6.07, 6.45) is 2.78. The van der Waals surface area contributed by atoms with Crippen molar-refractivity contribution in [2.45, 2.75) is 32.1 Å². The van der Waals surface area contributed by atoms with Crippen LogP contribution in [0.4, 0.5) is 11.4 Å². The van der Waals surface area contributed by atoms with Crippen molar-refractivity contribution in [3.63, 3.8) is 0 Å². The summed E-state index contributed by atoms with van der Waals surface area (Å²) in [5, 5.41) is 4.81. The summed E-state index contributed by atoms with van der Waals surface area (Å²) in [6, 6.07) is 19.2. The van der Waals surface area contributed by atoms with Gasteiger partial charge in [0.25, 0.3) is 11.8 Å². The number of nitrogens with zero attached hydrogens (tertiary/aromatic N) is 3. The minimum absolute atomic E-state index is 0.00152. The maximum atomic E-state index is 13.6. The minimum Gasteiger partial charge on any atom is -0.367 e. The van der Waals surface area contributed by atoms with Crippen LogP contribution in [-0.4, -0.2) is 66.8 Å². The van der Waals surface area contributed by atoms with Gasteiger partial charge >= 0.3 is 0 Å². The second-order valence-electron chi connectivity index (χ2n) is 9.85. The number of carbonyl (C=O) groups is 3. The van der Waals surface area contributed by atoms with Gasteiger partial charge in [-0.2, -0.15) is 0 Å². The first kappa shape index (κ1) is 26.0. The molecule has 0 aliphatic carbocycles. The standard InChI is InChI=1S/C30H34N4O3S/c1-2-24(22-9-4-3-5-10-22)29(36)34-18-16-32(17-19-34)26-13-12-23(31-28(35)27-11-8-20-38-27)21-25(26)30(37)33-14-6-7-15-33/h3-5,8-13,20-21,24H,2,6-7,14-19H2,1H3,(H,31,35)/t24-/m0/s1. The second-order valence-corrected chi connectivity index (χ2v) is 10.8. The van der Waals surface area contributed by atoms with Crippen molar-refractivity contribution in [3.8, 4) is 0 Å². The lowest BCUT2D eigenvalue weighted by molar-refractivity contribution is -0.133. The van der Waals surface area contributed by atoms with E-state index in [1.807, 2.05) is 69.8 Å². The Morgan fingerprint density at radius 1 is 0.868 bits per heavy atom. The molecule has 198 valence electrons. The van der Waals surface area contributed by atoms with E-state index >= 15 is 0 Å². The average Bonchev–Trinajstić information content (AvgIpc) is 3.69. The lowest BCUT2D eigenvalue weighted by Crippen LogP contribution is -2.50. The fourth-order valence-corrected chi connectivity index (χ4v) is 6.00. The zero-order chi connectivity index (χ0) is 26.5. The second kappa shape index (κ2) is 11.8. The van der Waals surface area contributed by atoms with Crippen molar-refractivity contribution in [1.29, 1.82) is 0 Å². The topological polar surface area (TPSA) is 73.0 Å². The maximum absolute atomic E-state index is 13.6. The molecule has 5 rings (SSSR count). The van der Waals surface area contributed by atoms with E-state index in [4.69, 9.17) is 0 Å². The van der Waals surface area contributed by atoms with E-state index in [1.54, 1.807) is 6.07 Å². The number of nitrogens with one attached hydrogen (secondary N) is 1. The summed E-state index contributed by atoms with van der Waals surface area (Å²) >= 11 is 1.38. The third-order valence-electron chi connectivity index (χ3n) is 7.46. The van der Waals surface area contributed by atoms with Gasteiger partial charge in [0.2, 0.25) is 5.91 Å². The molecule has 3 heterocycles. The molecule has 2 aromatic carbocycles. The first-order valence-electron chi connectivity index (χ1n) is 13.4. The van der Waals surface area contributed by atoms with Crippen molar-refractivity contribution in [2.75, 3.05) is 49.5 Å². The third-order valence-corrected chi connectivity index (χ3v) is 8.33. The number of rotatable bonds is 7. The van der Waals surface area contributed by atoms with Crippen LogP contribution >= 0.6 is 11.3 Å². The van der Waals surface area contributed by atoms with E-state index in [9.17, 15) is 14.4 Å². The van der Waals surface area contributed by atoms with E-state index in [1.165, 1.54) is 11.3 Å².